The van der Waals surface area contributed by atoms with Gasteiger partial charge in [-0.2, -0.15) is 5.10 Å². The van der Waals surface area contributed by atoms with Crippen LogP contribution in [0.2, 0.25) is 0 Å². The number of fused-ring (bicyclic) bond motifs is 1. The number of thioether (sulfide) groups is 1. The highest BCUT2D eigenvalue weighted by Gasteiger charge is 2.21. The fourth-order valence-electron chi connectivity index (χ4n) is 2.15. The van der Waals surface area contributed by atoms with Crippen molar-refractivity contribution in [2.24, 2.45) is 7.05 Å². The fourth-order valence-corrected chi connectivity index (χ4v) is 3.40. The van der Waals surface area contributed by atoms with Gasteiger partial charge in [0.2, 0.25) is 0 Å². The van der Waals surface area contributed by atoms with E-state index in [0.29, 0.717) is 22.7 Å². The number of carbonyl (C=O) groups is 2. The average Bonchev–Trinajstić information content (AvgIpc) is 2.83. The number of rotatable bonds is 3. The zero-order chi connectivity index (χ0) is 15.7. The molecule has 1 aliphatic heterocycles. The predicted octanol–water partition coefficient (Wildman–Crippen LogP) is 3.12. The molecule has 1 aromatic carbocycles. The minimum Gasteiger partial charge on any atom is -0.305 e. The summed E-state index contributed by atoms with van der Waals surface area (Å²) in [5.41, 5.74) is 2.02. The van der Waals surface area contributed by atoms with Crippen LogP contribution < -0.4 is 5.32 Å². The van der Waals surface area contributed by atoms with Crippen molar-refractivity contribution < 1.29 is 9.59 Å². The van der Waals surface area contributed by atoms with E-state index in [4.69, 9.17) is 0 Å². The van der Waals surface area contributed by atoms with Gasteiger partial charge in [0.15, 0.2) is 5.82 Å². The second-order valence-electron chi connectivity index (χ2n) is 4.78. The van der Waals surface area contributed by atoms with Crippen LogP contribution in [0.15, 0.2) is 39.3 Å². The van der Waals surface area contributed by atoms with Crippen molar-refractivity contribution >= 4 is 51.8 Å². The number of nitrogens with zero attached hydrogens (tertiary/aromatic N) is 2. The third-order valence-corrected chi connectivity index (χ3v) is 4.99. The largest absolute Gasteiger partial charge is 0.305 e. The smallest absolute Gasteiger partial charge is 0.256 e. The van der Waals surface area contributed by atoms with Crippen LogP contribution in [0.25, 0.3) is 6.08 Å². The first-order chi connectivity index (χ1) is 10.6. The van der Waals surface area contributed by atoms with E-state index in [0.717, 1.165) is 21.3 Å². The number of halogens is 1. The lowest BCUT2D eigenvalue weighted by Gasteiger charge is -2.10. The van der Waals surface area contributed by atoms with Gasteiger partial charge in [-0.1, -0.05) is 15.9 Å². The molecule has 1 aromatic heterocycles. The number of carbonyl (C=O) groups excluding carboxylic acids is 2. The van der Waals surface area contributed by atoms with Crippen molar-refractivity contribution in [1.82, 2.24) is 9.78 Å². The Morgan fingerprint density at radius 2 is 2.14 bits per heavy atom. The summed E-state index contributed by atoms with van der Waals surface area (Å²) < 4.78 is 2.63. The Kier molecular flexibility index (Phi) is 4.17. The zero-order valence-corrected chi connectivity index (χ0v) is 14.1. The lowest BCUT2D eigenvalue weighted by molar-refractivity contribution is -0.104. The van der Waals surface area contributed by atoms with Crippen LogP contribution in [0.4, 0.5) is 5.82 Å². The summed E-state index contributed by atoms with van der Waals surface area (Å²) in [5.74, 6) is 0.859. The Morgan fingerprint density at radius 1 is 1.41 bits per heavy atom. The van der Waals surface area contributed by atoms with Crippen LogP contribution >= 0.6 is 27.7 Å². The molecule has 1 N–H and O–H groups in total. The van der Waals surface area contributed by atoms with E-state index in [1.807, 2.05) is 19.2 Å². The van der Waals surface area contributed by atoms with Crippen LogP contribution in [-0.2, 0) is 11.8 Å². The monoisotopic (exact) mass is 377 g/mol. The van der Waals surface area contributed by atoms with E-state index >= 15 is 0 Å². The summed E-state index contributed by atoms with van der Waals surface area (Å²) in [6, 6.07) is 7.08. The quantitative estimate of drug-likeness (QED) is 0.834. The maximum Gasteiger partial charge on any atom is 0.256 e. The van der Waals surface area contributed by atoms with E-state index in [-0.39, 0.29) is 5.91 Å². The normalized spacial score (nSPS) is 13.3. The fraction of sp³-hybridized carbons (Fsp3) is 0.133. The molecule has 0 unspecified atom stereocenters. The number of aryl methyl sites for hydroxylation is 1. The van der Waals surface area contributed by atoms with Gasteiger partial charge in [-0.25, -0.2) is 0 Å². The van der Waals surface area contributed by atoms with Gasteiger partial charge >= 0.3 is 0 Å². The molecule has 1 aliphatic rings. The molecular formula is C15H12BrN3O2S. The highest BCUT2D eigenvalue weighted by atomic mass is 79.9. The lowest BCUT2D eigenvalue weighted by atomic mass is 10.2. The van der Waals surface area contributed by atoms with Crippen LogP contribution in [0, 0.1) is 0 Å². The number of amides is 1. The van der Waals surface area contributed by atoms with Crippen LogP contribution in [0.3, 0.4) is 0 Å². The van der Waals surface area contributed by atoms with Gasteiger partial charge in [-0.15, -0.1) is 11.8 Å². The molecule has 0 aliphatic carbocycles. The molecule has 0 bridgehead atoms. The molecule has 0 saturated heterocycles. The molecule has 112 valence electrons. The molecule has 3 rings (SSSR count). The van der Waals surface area contributed by atoms with Gasteiger partial charge in [0.1, 0.15) is 11.3 Å². The molecule has 22 heavy (non-hydrogen) atoms. The maximum atomic E-state index is 12.3. The summed E-state index contributed by atoms with van der Waals surface area (Å²) in [7, 11) is 1.82. The zero-order valence-electron chi connectivity index (χ0n) is 11.7. The van der Waals surface area contributed by atoms with Gasteiger partial charge < -0.3 is 5.32 Å². The van der Waals surface area contributed by atoms with Crippen LogP contribution in [0.5, 0.6) is 0 Å². The van der Waals surface area contributed by atoms with Crippen molar-refractivity contribution in [2.75, 3.05) is 11.1 Å². The van der Waals surface area contributed by atoms with Gasteiger partial charge in [0.05, 0.1) is 5.56 Å². The minimum atomic E-state index is -0.231. The van der Waals surface area contributed by atoms with E-state index in [1.54, 1.807) is 22.9 Å². The molecule has 5 nitrogen and oxygen atoms in total. The van der Waals surface area contributed by atoms with Gasteiger partial charge in [-0.3, -0.25) is 14.3 Å². The Hall–Kier alpha value is -1.86. The number of benzene rings is 1. The van der Waals surface area contributed by atoms with Crippen molar-refractivity contribution in [3.05, 3.63) is 45.4 Å². The first-order valence-electron chi connectivity index (χ1n) is 6.51. The highest BCUT2D eigenvalue weighted by Crippen LogP contribution is 2.35. The molecule has 0 radical (unpaired) electrons. The summed E-state index contributed by atoms with van der Waals surface area (Å²) in [4.78, 5) is 23.3. The summed E-state index contributed by atoms with van der Waals surface area (Å²) in [6.07, 6.45) is 2.62. The number of nitrogens with one attached hydrogen (secondary N) is 1. The second kappa shape index (κ2) is 6.10. The molecule has 0 spiro atoms. The van der Waals surface area contributed by atoms with Crippen molar-refractivity contribution in [3.8, 4) is 0 Å². The number of hydrogen-bond donors (Lipinski definition) is 1. The van der Waals surface area contributed by atoms with E-state index < -0.39 is 0 Å². The Bertz CT molecular complexity index is 781. The van der Waals surface area contributed by atoms with Gasteiger partial charge in [0.25, 0.3) is 5.91 Å². The van der Waals surface area contributed by atoms with Crippen molar-refractivity contribution in [3.63, 3.8) is 0 Å². The number of hydrogen-bond acceptors (Lipinski definition) is 4. The van der Waals surface area contributed by atoms with Gasteiger partial charge in [-0.05, 0) is 30.3 Å². The SMILES string of the molecule is Cn1nc(NC(=O)c2ccc(Br)cc2)c2c1SCC(C=O)=C2. The van der Waals surface area contributed by atoms with Crippen molar-refractivity contribution in [2.45, 2.75) is 5.03 Å². The predicted molar refractivity (Wildman–Crippen MR) is 90.1 cm³/mol. The Labute approximate surface area is 139 Å². The van der Waals surface area contributed by atoms with Gasteiger partial charge in [0, 0.05) is 28.4 Å². The number of aromatic nitrogens is 2. The summed E-state index contributed by atoms with van der Waals surface area (Å²) in [6.45, 7) is 0. The molecule has 0 saturated carbocycles. The number of anilines is 1. The standard InChI is InChI=1S/C15H12BrN3O2S/c1-19-15-12(6-9(7-20)8-22-15)13(18-19)17-14(21)10-2-4-11(16)5-3-10/h2-7H,8H2,1H3,(H,17,18,21). The van der Waals surface area contributed by atoms with E-state index in [9.17, 15) is 9.59 Å². The molecule has 2 aromatic rings. The molecule has 7 heteroatoms. The first-order valence-corrected chi connectivity index (χ1v) is 8.29. The van der Waals surface area contributed by atoms with E-state index in [1.165, 1.54) is 11.8 Å². The van der Waals surface area contributed by atoms with Crippen LogP contribution in [-0.4, -0.2) is 27.7 Å². The van der Waals surface area contributed by atoms with Crippen molar-refractivity contribution in [1.29, 1.82) is 0 Å². The molecule has 0 fully saturated rings. The highest BCUT2D eigenvalue weighted by molar-refractivity contribution is 9.10. The molecule has 2 heterocycles. The first kappa shape index (κ1) is 15.1. The Morgan fingerprint density at radius 3 is 2.82 bits per heavy atom. The average molecular weight is 378 g/mol. The third-order valence-electron chi connectivity index (χ3n) is 3.22. The second-order valence-corrected chi connectivity index (χ2v) is 6.66. The summed E-state index contributed by atoms with van der Waals surface area (Å²) in [5, 5.41) is 8.09. The molecule has 0 atom stereocenters. The molecule has 1 amide bonds. The lowest BCUT2D eigenvalue weighted by Crippen LogP contribution is -2.13. The summed E-state index contributed by atoms with van der Waals surface area (Å²) >= 11 is 4.87. The topological polar surface area (TPSA) is 64.0 Å². The number of aldehydes is 1. The van der Waals surface area contributed by atoms with Crippen LogP contribution in [0.1, 0.15) is 15.9 Å². The molecular weight excluding hydrogens is 366 g/mol. The Balaban J connectivity index is 1.91. The minimum absolute atomic E-state index is 0.231. The maximum absolute atomic E-state index is 12.3. The third kappa shape index (κ3) is 2.86. The van der Waals surface area contributed by atoms with E-state index in [2.05, 4.69) is 26.3 Å².